The molecule has 1 aliphatic carbocycles. The van der Waals surface area contributed by atoms with Gasteiger partial charge in [0, 0.05) is 17.3 Å². The maximum absolute atomic E-state index is 11.9. The first kappa shape index (κ1) is 11.5. The molecule has 1 aromatic rings. The predicted octanol–water partition coefficient (Wildman–Crippen LogP) is 1.69. The lowest BCUT2D eigenvalue weighted by Gasteiger charge is -2.15. The molecule has 2 atom stereocenters. The number of hydrogen-bond donors (Lipinski definition) is 2. The third kappa shape index (κ3) is 2.56. The van der Waals surface area contributed by atoms with Crippen molar-refractivity contribution in [2.45, 2.75) is 25.3 Å². The van der Waals surface area contributed by atoms with E-state index in [2.05, 4.69) is 11.4 Å². The van der Waals surface area contributed by atoms with Gasteiger partial charge in [-0.2, -0.15) is 5.26 Å². The normalized spacial score (nSPS) is 23.0. The zero-order valence-electron chi connectivity index (χ0n) is 9.52. The van der Waals surface area contributed by atoms with Gasteiger partial charge in [-0.05, 0) is 43.5 Å². The summed E-state index contributed by atoms with van der Waals surface area (Å²) in [6.07, 6.45) is 2.77. The molecule has 0 heterocycles. The molecular formula is C13H15N3O. The fourth-order valence-electron chi connectivity index (χ4n) is 2.17. The number of amides is 1. The summed E-state index contributed by atoms with van der Waals surface area (Å²) in [5.74, 6) is -0.176. The lowest BCUT2D eigenvalue weighted by molar-refractivity contribution is 0.0933. The number of nitrogens with zero attached hydrogens (tertiary/aromatic N) is 1. The highest BCUT2D eigenvalue weighted by Gasteiger charge is 2.28. The van der Waals surface area contributed by atoms with Crippen molar-refractivity contribution < 1.29 is 4.79 Å². The standard InChI is InChI=1S/C13H15N3O/c14-8-10-2-1-3-12(10)16-13(17)9-4-6-11(15)7-5-9/h4-7,10,12H,1-3,15H2,(H,16,17). The first-order chi connectivity index (χ1) is 8.20. The second-order valence-electron chi connectivity index (χ2n) is 4.37. The molecule has 3 N–H and O–H groups in total. The molecule has 1 amide bonds. The van der Waals surface area contributed by atoms with Gasteiger partial charge in [0.25, 0.3) is 5.91 Å². The smallest absolute Gasteiger partial charge is 0.251 e. The molecule has 0 saturated heterocycles. The molecule has 17 heavy (non-hydrogen) atoms. The van der Waals surface area contributed by atoms with Gasteiger partial charge in [0.15, 0.2) is 0 Å². The Hall–Kier alpha value is -2.02. The highest BCUT2D eigenvalue weighted by Crippen LogP contribution is 2.25. The summed E-state index contributed by atoms with van der Waals surface area (Å²) in [6, 6.07) is 9.03. The van der Waals surface area contributed by atoms with Crippen LogP contribution in [0.15, 0.2) is 24.3 Å². The summed E-state index contributed by atoms with van der Waals surface area (Å²) in [5.41, 5.74) is 6.78. The number of nitrogen functional groups attached to an aromatic ring is 1. The van der Waals surface area contributed by atoms with Crippen LogP contribution in [0.3, 0.4) is 0 Å². The van der Waals surface area contributed by atoms with E-state index >= 15 is 0 Å². The van der Waals surface area contributed by atoms with Gasteiger partial charge in [0.2, 0.25) is 0 Å². The highest BCUT2D eigenvalue weighted by molar-refractivity contribution is 5.94. The van der Waals surface area contributed by atoms with Crippen LogP contribution in [-0.2, 0) is 0 Å². The molecule has 1 aromatic carbocycles. The Labute approximate surface area is 100 Å². The van der Waals surface area contributed by atoms with E-state index < -0.39 is 0 Å². The monoisotopic (exact) mass is 229 g/mol. The number of nitrogens with one attached hydrogen (secondary N) is 1. The first-order valence-electron chi connectivity index (χ1n) is 5.76. The number of hydrogen-bond acceptors (Lipinski definition) is 3. The zero-order valence-corrected chi connectivity index (χ0v) is 9.52. The molecule has 0 radical (unpaired) electrons. The second-order valence-corrected chi connectivity index (χ2v) is 4.37. The number of carbonyl (C=O) groups excluding carboxylic acids is 1. The van der Waals surface area contributed by atoms with E-state index in [0.29, 0.717) is 11.3 Å². The number of anilines is 1. The van der Waals surface area contributed by atoms with Gasteiger partial charge in [-0.1, -0.05) is 0 Å². The topological polar surface area (TPSA) is 78.9 Å². The van der Waals surface area contributed by atoms with Crippen LogP contribution in [0.2, 0.25) is 0 Å². The number of nitriles is 1. The van der Waals surface area contributed by atoms with Crippen LogP contribution < -0.4 is 11.1 Å². The maximum Gasteiger partial charge on any atom is 0.251 e. The Balaban J connectivity index is 2.02. The van der Waals surface area contributed by atoms with Gasteiger partial charge in [0.05, 0.1) is 12.0 Å². The first-order valence-corrected chi connectivity index (χ1v) is 5.76. The minimum absolute atomic E-state index is 0.00921. The minimum atomic E-state index is -0.128. The molecule has 1 aliphatic rings. The van der Waals surface area contributed by atoms with Gasteiger partial charge in [-0.3, -0.25) is 4.79 Å². The van der Waals surface area contributed by atoms with E-state index in [1.54, 1.807) is 24.3 Å². The van der Waals surface area contributed by atoms with Crippen LogP contribution in [-0.4, -0.2) is 11.9 Å². The third-order valence-electron chi connectivity index (χ3n) is 3.17. The van der Waals surface area contributed by atoms with Gasteiger partial charge < -0.3 is 11.1 Å². The van der Waals surface area contributed by atoms with Crippen LogP contribution in [0, 0.1) is 17.2 Å². The van der Waals surface area contributed by atoms with Crippen molar-refractivity contribution in [1.29, 1.82) is 5.26 Å². The van der Waals surface area contributed by atoms with Crippen LogP contribution >= 0.6 is 0 Å². The summed E-state index contributed by atoms with van der Waals surface area (Å²) in [6.45, 7) is 0. The van der Waals surface area contributed by atoms with Gasteiger partial charge in [0.1, 0.15) is 0 Å². The Morgan fingerprint density at radius 3 is 2.71 bits per heavy atom. The number of rotatable bonds is 2. The summed E-state index contributed by atoms with van der Waals surface area (Å²) in [7, 11) is 0. The Bertz CT molecular complexity index is 447. The summed E-state index contributed by atoms with van der Waals surface area (Å²) in [4.78, 5) is 11.9. The van der Waals surface area contributed by atoms with Gasteiger partial charge >= 0.3 is 0 Å². The van der Waals surface area contributed by atoms with E-state index in [-0.39, 0.29) is 17.9 Å². The number of nitrogens with two attached hydrogens (primary N) is 1. The molecule has 0 bridgehead atoms. The number of benzene rings is 1. The second kappa shape index (κ2) is 4.88. The Morgan fingerprint density at radius 2 is 2.06 bits per heavy atom. The van der Waals surface area contributed by atoms with Crippen LogP contribution in [0.5, 0.6) is 0 Å². The van der Waals surface area contributed by atoms with E-state index in [1.165, 1.54) is 0 Å². The molecule has 0 aromatic heterocycles. The molecule has 4 nitrogen and oxygen atoms in total. The van der Waals surface area contributed by atoms with Gasteiger partial charge in [-0.15, -0.1) is 0 Å². The zero-order chi connectivity index (χ0) is 12.3. The van der Waals surface area contributed by atoms with Crippen molar-refractivity contribution in [3.8, 4) is 6.07 Å². The SMILES string of the molecule is N#CC1CCCC1NC(=O)c1ccc(N)cc1. The third-order valence-corrected chi connectivity index (χ3v) is 3.17. The highest BCUT2D eigenvalue weighted by atomic mass is 16.1. The summed E-state index contributed by atoms with van der Waals surface area (Å²) < 4.78 is 0. The van der Waals surface area contributed by atoms with Crippen LogP contribution in [0.4, 0.5) is 5.69 Å². The summed E-state index contributed by atoms with van der Waals surface area (Å²) in [5, 5.41) is 11.9. The van der Waals surface area contributed by atoms with E-state index in [1.807, 2.05) is 0 Å². The quantitative estimate of drug-likeness (QED) is 0.757. The molecule has 4 heteroatoms. The molecule has 1 saturated carbocycles. The van der Waals surface area contributed by atoms with E-state index in [4.69, 9.17) is 11.0 Å². The average Bonchev–Trinajstić information content (AvgIpc) is 2.77. The average molecular weight is 229 g/mol. The lowest BCUT2D eigenvalue weighted by Crippen LogP contribution is -2.36. The van der Waals surface area contributed by atoms with Gasteiger partial charge in [-0.25, -0.2) is 0 Å². The van der Waals surface area contributed by atoms with Crippen molar-refractivity contribution >= 4 is 11.6 Å². The summed E-state index contributed by atoms with van der Waals surface area (Å²) >= 11 is 0. The molecular weight excluding hydrogens is 214 g/mol. The van der Waals surface area contributed by atoms with Crippen molar-refractivity contribution in [3.63, 3.8) is 0 Å². The fraction of sp³-hybridized carbons (Fsp3) is 0.385. The minimum Gasteiger partial charge on any atom is -0.399 e. The van der Waals surface area contributed by atoms with Crippen molar-refractivity contribution in [3.05, 3.63) is 29.8 Å². The fourth-order valence-corrected chi connectivity index (χ4v) is 2.17. The van der Waals surface area contributed by atoms with Crippen molar-refractivity contribution in [2.75, 3.05) is 5.73 Å². The van der Waals surface area contributed by atoms with Crippen LogP contribution in [0.25, 0.3) is 0 Å². The Kier molecular flexibility index (Phi) is 3.29. The lowest BCUT2D eigenvalue weighted by atomic mass is 10.1. The largest absolute Gasteiger partial charge is 0.399 e. The molecule has 2 rings (SSSR count). The van der Waals surface area contributed by atoms with E-state index in [9.17, 15) is 4.79 Å². The molecule has 0 aliphatic heterocycles. The number of carbonyl (C=O) groups is 1. The van der Waals surface area contributed by atoms with Crippen molar-refractivity contribution in [1.82, 2.24) is 5.32 Å². The molecule has 2 unspecified atom stereocenters. The van der Waals surface area contributed by atoms with E-state index in [0.717, 1.165) is 19.3 Å². The molecule has 88 valence electrons. The van der Waals surface area contributed by atoms with Crippen molar-refractivity contribution in [2.24, 2.45) is 5.92 Å². The molecule has 0 spiro atoms. The molecule has 1 fully saturated rings. The van der Waals surface area contributed by atoms with Crippen LogP contribution in [0.1, 0.15) is 29.6 Å². The Morgan fingerprint density at radius 1 is 1.35 bits per heavy atom. The maximum atomic E-state index is 11.9. The predicted molar refractivity (Wildman–Crippen MR) is 65.1 cm³/mol.